The quantitative estimate of drug-likeness (QED) is 0.826. The zero-order chi connectivity index (χ0) is 15.0. The van der Waals surface area contributed by atoms with E-state index in [9.17, 15) is 9.59 Å². The maximum absolute atomic E-state index is 12.7. The van der Waals surface area contributed by atoms with Gasteiger partial charge in [-0.25, -0.2) is 0 Å². The van der Waals surface area contributed by atoms with Gasteiger partial charge >= 0.3 is 0 Å². The highest BCUT2D eigenvalue weighted by Gasteiger charge is 2.40. The minimum absolute atomic E-state index is 0.0275. The van der Waals surface area contributed by atoms with E-state index in [4.69, 9.17) is 0 Å². The summed E-state index contributed by atoms with van der Waals surface area (Å²) in [7, 11) is 0. The molecule has 0 unspecified atom stereocenters. The number of fused-ring (bicyclic) bond motifs is 2. The normalized spacial score (nSPS) is 34.0. The molecule has 3 atom stereocenters. The lowest BCUT2D eigenvalue weighted by Gasteiger charge is -2.33. The standard InChI is InChI=1S/C16H27N3O2/c1-11(2)19-13-3-4-14(19)10-18(8-6-13)16(21)12-5-7-17-15(20)9-12/h11-14H,3-10H2,1-2H3,(H,17,20)/t12-,13+,14+/m1/s1. The Hall–Kier alpha value is -1.10. The highest BCUT2D eigenvalue weighted by Crippen LogP contribution is 2.32. The van der Waals surface area contributed by atoms with E-state index in [0.29, 0.717) is 31.1 Å². The summed E-state index contributed by atoms with van der Waals surface area (Å²) in [4.78, 5) is 28.9. The van der Waals surface area contributed by atoms with Crippen LogP contribution in [0.5, 0.6) is 0 Å². The molecule has 1 N–H and O–H groups in total. The number of hydrogen-bond donors (Lipinski definition) is 1. The van der Waals surface area contributed by atoms with Crippen LogP contribution >= 0.6 is 0 Å². The topological polar surface area (TPSA) is 52.6 Å². The third-order valence-electron chi connectivity index (χ3n) is 5.34. The molecule has 0 aromatic rings. The van der Waals surface area contributed by atoms with E-state index in [1.165, 1.54) is 12.8 Å². The summed E-state index contributed by atoms with van der Waals surface area (Å²) in [6, 6.07) is 1.71. The second kappa shape index (κ2) is 5.95. The van der Waals surface area contributed by atoms with Gasteiger partial charge in [-0.15, -0.1) is 0 Å². The molecular weight excluding hydrogens is 266 g/mol. The third kappa shape index (κ3) is 2.93. The highest BCUT2D eigenvalue weighted by atomic mass is 16.2. The van der Waals surface area contributed by atoms with Gasteiger partial charge in [0.2, 0.25) is 11.8 Å². The van der Waals surface area contributed by atoms with E-state index in [1.54, 1.807) is 0 Å². The van der Waals surface area contributed by atoms with Crippen molar-refractivity contribution in [2.24, 2.45) is 5.92 Å². The lowest BCUT2D eigenvalue weighted by molar-refractivity contribution is -0.140. The maximum Gasteiger partial charge on any atom is 0.226 e. The number of nitrogens with one attached hydrogen (secondary N) is 1. The molecule has 2 amide bonds. The van der Waals surface area contributed by atoms with Gasteiger partial charge < -0.3 is 10.2 Å². The van der Waals surface area contributed by atoms with Crippen molar-refractivity contribution in [3.8, 4) is 0 Å². The van der Waals surface area contributed by atoms with Crippen LogP contribution < -0.4 is 5.32 Å². The molecule has 0 radical (unpaired) electrons. The Morgan fingerprint density at radius 1 is 1.19 bits per heavy atom. The van der Waals surface area contributed by atoms with Gasteiger partial charge in [0.05, 0.1) is 0 Å². The Labute approximate surface area is 127 Å². The molecule has 0 aromatic heterocycles. The molecule has 3 heterocycles. The molecule has 0 spiro atoms. The second-order valence-corrected chi connectivity index (χ2v) is 7.04. The monoisotopic (exact) mass is 293 g/mol. The van der Waals surface area contributed by atoms with Crippen LogP contribution in [-0.4, -0.2) is 59.4 Å². The molecule has 21 heavy (non-hydrogen) atoms. The van der Waals surface area contributed by atoms with E-state index in [2.05, 4.69) is 24.1 Å². The fourth-order valence-corrected chi connectivity index (χ4v) is 4.41. The number of hydrogen-bond acceptors (Lipinski definition) is 3. The van der Waals surface area contributed by atoms with Crippen molar-refractivity contribution in [1.29, 1.82) is 0 Å². The molecule has 0 saturated carbocycles. The zero-order valence-corrected chi connectivity index (χ0v) is 13.2. The maximum atomic E-state index is 12.7. The summed E-state index contributed by atoms with van der Waals surface area (Å²) in [6.45, 7) is 6.88. The number of likely N-dealkylation sites (tertiary alicyclic amines) is 1. The van der Waals surface area contributed by atoms with Crippen molar-refractivity contribution in [2.45, 2.75) is 64.1 Å². The predicted molar refractivity (Wildman–Crippen MR) is 80.7 cm³/mol. The number of carbonyl (C=O) groups excluding carboxylic acids is 2. The summed E-state index contributed by atoms with van der Waals surface area (Å²) >= 11 is 0. The molecule has 3 aliphatic heterocycles. The van der Waals surface area contributed by atoms with Crippen LogP contribution in [0.1, 0.15) is 46.0 Å². The highest BCUT2D eigenvalue weighted by molar-refractivity contribution is 5.87. The van der Waals surface area contributed by atoms with Crippen LogP contribution in [0.15, 0.2) is 0 Å². The minimum atomic E-state index is -0.0946. The SMILES string of the molecule is CC(C)N1[C@H]2CC[C@H]1CN(C(=O)[C@@H]1CCNC(=O)C1)CC2. The summed E-state index contributed by atoms with van der Waals surface area (Å²) in [5, 5.41) is 2.81. The fourth-order valence-electron chi connectivity index (χ4n) is 4.41. The molecule has 3 rings (SSSR count). The molecule has 3 saturated heterocycles. The van der Waals surface area contributed by atoms with Gasteiger partial charge in [0.15, 0.2) is 0 Å². The average Bonchev–Trinajstić information content (AvgIpc) is 2.73. The molecule has 5 heteroatoms. The van der Waals surface area contributed by atoms with Crippen molar-refractivity contribution >= 4 is 11.8 Å². The zero-order valence-electron chi connectivity index (χ0n) is 13.2. The Morgan fingerprint density at radius 2 is 1.95 bits per heavy atom. The first-order valence-corrected chi connectivity index (χ1v) is 8.39. The molecule has 118 valence electrons. The first-order chi connectivity index (χ1) is 10.1. The van der Waals surface area contributed by atoms with Gasteiger partial charge in [-0.05, 0) is 39.5 Å². The molecule has 3 fully saturated rings. The number of carbonyl (C=O) groups is 2. The molecule has 0 aliphatic carbocycles. The van der Waals surface area contributed by atoms with Crippen molar-refractivity contribution in [2.75, 3.05) is 19.6 Å². The summed E-state index contributed by atoms with van der Waals surface area (Å²) < 4.78 is 0. The number of nitrogens with zero attached hydrogens (tertiary/aromatic N) is 2. The summed E-state index contributed by atoms with van der Waals surface area (Å²) in [6.07, 6.45) is 4.73. The van der Waals surface area contributed by atoms with Crippen LogP contribution in [0, 0.1) is 5.92 Å². The Bertz CT molecular complexity index is 424. The number of amides is 2. The van der Waals surface area contributed by atoms with E-state index in [-0.39, 0.29) is 17.7 Å². The smallest absolute Gasteiger partial charge is 0.226 e. The lowest BCUT2D eigenvalue weighted by atomic mass is 9.95. The molecular formula is C16H27N3O2. The minimum Gasteiger partial charge on any atom is -0.356 e. The van der Waals surface area contributed by atoms with E-state index in [1.807, 2.05) is 4.90 Å². The van der Waals surface area contributed by atoms with Crippen LogP contribution in [-0.2, 0) is 9.59 Å². The second-order valence-electron chi connectivity index (χ2n) is 7.04. The first kappa shape index (κ1) is 14.8. The van der Waals surface area contributed by atoms with Crippen LogP contribution in [0.25, 0.3) is 0 Å². The van der Waals surface area contributed by atoms with Crippen LogP contribution in [0.3, 0.4) is 0 Å². The van der Waals surface area contributed by atoms with Gasteiger partial charge in [0, 0.05) is 50.1 Å². The van der Waals surface area contributed by atoms with Gasteiger partial charge in [-0.1, -0.05) is 0 Å². The predicted octanol–water partition coefficient (Wildman–Crippen LogP) is 0.986. The fraction of sp³-hybridized carbons (Fsp3) is 0.875. The van der Waals surface area contributed by atoms with Gasteiger partial charge in [0.1, 0.15) is 0 Å². The van der Waals surface area contributed by atoms with Crippen molar-refractivity contribution in [3.05, 3.63) is 0 Å². The Morgan fingerprint density at radius 3 is 2.67 bits per heavy atom. The van der Waals surface area contributed by atoms with Crippen LogP contribution in [0.2, 0.25) is 0 Å². The third-order valence-corrected chi connectivity index (χ3v) is 5.34. The first-order valence-electron chi connectivity index (χ1n) is 8.39. The van der Waals surface area contributed by atoms with Gasteiger partial charge in [0.25, 0.3) is 0 Å². The average molecular weight is 293 g/mol. The van der Waals surface area contributed by atoms with Gasteiger partial charge in [-0.2, -0.15) is 0 Å². The van der Waals surface area contributed by atoms with Gasteiger partial charge in [-0.3, -0.25) is 14.5 Å². The molecule has 5 nitrogen and oxygen atoms in total. The molecule has 2 bridgehead atoms. The Kier molecular flexibility index (Phi) is 4.20. The van der Waals surface area contributed by atoms with E-state index < -0.39 is 0 Å². The largest absolute Gasteiger partial charge is 0.356 e. The summed E-state index contributed by atoms with van der Waals surface area (Å²) in [5.41, 5.74) is 0. The Balaban J connectivity index is 1.67. The van der Waals surface area contributed by atoms with E-state index in [0.717, 1.165) is 25.9 Å². The van der Waals surface area contributed by atoms with E-state index >= 15 is 0 Å². The number of rotatable bonds is 2. The number of piperidine rings is 1. The molecule has 3 aliphatic rings. The summed E-state index contributed by atoms with van der Waals surface area (Å²) in [5.74, 6) is 0.142. The van der Waals surface area contributed by atoms with Crippen LogP contribution in [0.4, 0.5) is 0 Å². The molecule has 0 aromatic carbocycles. The van der Waals surface area contributed by atoms with Crippen molar-refractivity contribution < 1.29 is 9.59 Å². The van der Waals surface area contributed by atoms with Crippen molar-refractivity contribution in [1.82, 2.24) is 15.1 Å². The lowest BCUT2D eigenvalue weighted by Crippen LogP contribution is -2.47. The van der Waals surface area contributed by atoms with Crippen molar-refractivity contribution in [3.63, 3.8) is 0 Å².